The minimum atomic E-state index is -1.08. The summed E-state index contributed by atoms with van der Waals surface area (Å²) in [6, 6.07) is 6.67. The third-order valence-electron chi connectivity index (χ3n) is 1.69. The van der Waals surface area contributed by atoms with Crippen molar-refractivity contribution in [3.05, 3.63) is 34.9 Å². The van der Waals surface area contributed by atoms with E-state index in [0.717, 1.165) is 0 Å². The van der Waals surface area contributed by atoms with Crippen molar-refractivity contribution in [2.75, 3.05) is 0 Å². The van der Waals surface area contributed by atoms with Gasteiger partial charge in [0.15, 0.2) is 0 Å². The average Bonchev–Trinajstić information content (AvgIpc) is 2.27. The van der Waals surface area contributed by atoms with E-state index in [1.165, 1.54) is 0 Å². The highest BCUT2D eigenvalue weighted by Crippen LogP contribution is 2.13. The quantitative estimate of drug-likeness (QED) is 0.766. The largest absolute Gasteiger partial charge is 0.481 e. The zero-order chi connectivity index (χ0) is 14.1. The van der Waals surface area contributed by atoms with Gasteiger partial charge in [0.25, 0.3) is 0 Å². The molecule has 0 aliphatic rings. The van der Waals surface area contributed by atoms with Crippen molar-refractivity contribution in [3.8, 4) is 0 Å². The van der Waals surface area contributed by atoms with E-state index < -0.39 is 17.8 Å². The van der Waals surface area contributed by atoms with Gasteiger partial charge in [-0.1, -0.05) is 23.7 Å². The summed E-state index contributed by atoms with van der Waals surface area (Å²) in [7, 11) is 0. The molecule has 0 fully saturated rings. The number of carbonyl (C=O) groups is 3. The van der Waals surface area contributed by atoms with Crippen molar-refractivity contribution in [2.24, 2.45) is 5.73 Å². The summed E-state index contributed by atoms with van der Waals surface area (Å²) in [5.74, 6) is -2.65. The molecule has 7 heteroatoms. The van der Waals surface area contributed by atoms with E-state index >= 15 is 0 Å². The van der Waals surface area contributed by atoms with Gasteiger partial charge in [-0.3, -0.25) is 14.4 Å². The monoisotopic (exact) mass is 273 g/mol. The van der Waals surface area contributed by atoms with Crippen LogP contribution in [-0.2, 0) is 9.59 Å². The summed E-state index contributed by atoms with van der Waals surface area (Å²) in [4.78, 5) is 29.8. The van der Waals surface area contributed by atoms with Gasteiger partial charge in [0, 0.05) is 0 Å². The van der Waals surface area contributed by atoms with Crippen LogP contribution in [0.3, 0.4) is 0 Å². The van der Waals surface area contributed by atoms with Crippen LogP contribution in [-0.4, -0.2) is 28.1 Å². The zero-order valence-corrected chi connectivity index (χ0v) is 10.1. The van der Waals surface area contributed by atoms with E-state index in [-0.39, 0.29) is 12.8 Å². The number of carboxylic acids is 2. The lowest BCUT2D eigenvalue weighted by Crippen LogP contribution is -2.10. The Balaban J connectivity index is 0.000000331. The molecule has 0 unspecified atom stereocenters. The number of carbonyl (C=O) groups excluding carboxylic acids is 1. The van der Waals surface area contributed by atoms with Gasteiger partial charge in [-0.2, -0.15) is 0 Å². The van der Waals surface area contributed by atoms with Crippen LogP contribution in [0.15, 0.2) is 24.3 Å². The smallest absolute Gasteiger partial charge is 0.303 e. The number of carboxylic acid groups (broad SMARTS) is 2. The second-order valence-corrected chi connectivity index (χ2v) is 3.54. The molecule has 18 heavy (non-hydrogen) atoms. The Morgan fingerprint density at radius 1 is 1.06 bits per heavy atom. The maximum atomic E-state index is 10.6. The van der Waals surface area contributed by atoms with Crippen LogP contribution in [0.2, 0.25) is 5.02 Å². The Morgan fingerprint density at radius 3 is 1.78 bits per heavy atom. The Bertz CT molecular complexity index is 433. The van der Waals surface area contributed by atoms with Crippen molar-refractivity contribution >= 4 is 29.4 Å². The van der Waals surface area contributed by atoms with E-state index in [2.05, 4.69) is 0 Å². The molecular formula is C11H12ClNO5. The predicted molar refractivity (Wildman–Crippen MR) is 64.5 cm³/mol. The van der Waals surface area contributed by atoms with Crippen molar-refractivity contribution in [2.45, 2.75) is 12.8 Å². The minimum Gasteiger partial charge on any atom is -0.481 e. The zero-order valence-electron chi connectivity index (χ0n) is 9.30. The lowest BCUT2D eigenvalue weighted by molar-refractivity contribution is -0.143. The molecule has 0 aromatic heterocycles. The molecule has 1 rings (SSSR count). The van der Waals surface area contributed by atoms with Crippen molar-refractivity contribution in [3.63, 3.8) is 0 Å². The number of aliphatic carboxylic acids is 2. The Kier molecular flexibility index (Phi) is 7.14. The minimum absolute atomic E-state index is 0.296. The Hall–Kier alpha value is -2.08. The molecule has 0 radical (unpaired) electrons. The number of rotatable bonds is 4. The number of halogens is 1. The molecule has 0 atom stereocenters. The third-order valence-corrected chi connectivity index (χ3v) is 2.02. The number of hydrogen-bond acceptors (Lipinski definition) is 3. The SMILES string of the molecule is NC(=O)c1ccccc1Cl.O=C(O)CCC(=O)O. The molecule has 0 spiro atoms. The van der Waals surface area contributed by atoms with Gasteiger partial charge in [0.05, 0.1) is 23.4 Å². The van der Waals surface area contributed by atoms with Crippen LogP contribution in [0.1, 0.15) is 23.2 Å². The van der Waals surface area contributed by atoms with E-state index in [1.54, 1.807) is 24.3 Å². The number of primary amides is 1. The topological polar surface area (TPSA) is 118 Å². The average molecular weight is 274 g/mol. The fraction of sp³-hybridized carbons (Fsp3) is 0.182. The first-order valence-corrected chi connectivity index (χ1v) is 5.20. The van der Waals surface area contributed by atoms with Crippen molar-refractivity contribution in [1.29, 1.82) is 0 Å². The lowest BCUT2D eigenvalue weighted by atomic mass is 10.2. The molecule has 1 aromatic rings. The van der Waals surface area contributed by atoms with Gasteiger partial charge in [-0.25, -0.2) is 0 Å². The van der Waals surface area contributed by atoms with E-state index in [9.17, 15) is 14.4 Å². The number of hydrogen-bond donors (Lipinski definition) is 3. The Morgan fingerprint density at radius 2 is 1.50 bits per heavy atom. The van der Waals surface area contributed by atoms with Gasteiger partial charge < -0.3 is 15.9 Å². The second kappa shape index (κ2) is 8.08. The third kappa shape index (κ3) is 7.24. The standard InChI is InChI=1S/C7H6ClNO.C4H6O4/c8-6-4-2-1-3-5(6)7(9)10;5-3(6)1-2-4(7)8/h1-4H,(H2,9,10);1-2H2,(H,5,6)(H,7,8). The molecule has 1 aromatic carbocycles. The molecule has 0 bridgehead atoms. The summed E-state index contributed by atoms with van der Waals surface area (Å²) in [6.07, 6.45) is -0.593. The van der Waals surface area contributed by atoms with Crippen LogP contribution in [0, 0.1) is 0 Å². The first kappa shape index (κ1) is 15.9. The second-order valence-electron chi connectivity index (χ2n) is 3.13. The van der Waals surface area contributed by atoms with Crippen molar-refractivity contribution in [1.82, 2.24) is 0 Å². The Labute approximate surface area is 108 Å². The van der Waals surface area contributed by atoms with Gasteiger partial charge in [0.2, 0.25) is 5.91 Å². The van der Waals surface area contributed by atoms with E-state index in [0.29, 0.717) is 10.6 Å². The summed E-state index contributed by atoms with van der Waals surface area (Å²) < 4.78 is 0. The number of benzene rings is 1. The van der Waals surface area contributed by atoms with E-state index in [4.69, 9.17) is 27.5 Å². The summed E-state index contributed by atoms with van der Waals surface area (Å²) >= 11 is 5.62. The van der Waals surface area contributed by atoms with Gasteiger partial charge >= 0.3 is 11.9 Å². The van der Waals surface area contributed by atoms with Gasteiger partial charge in [-0.05, 0) is 12.1 Å². The first-order chi connectivity index (χ1) is 8.34. The van der Waals surface area contributed by atoms with Crippen LogP contribution in [0.4, 0.5) is 0 Å². The summed E-state index contributed by atoms with van der Waals surface area (Å²) in [5.41, 5.74) is 5.36. The van der Waals surface area contributed by atoms with Crippen molar-refractivity contribution < 1.29 is 24.6 Å². The van der Waals surface area contributed by atoms with Crippen LogP contribution in [0.25, 0.3) is 0 Å². The fourth-order valence-electron chi connectivity index (χ4n) is 0.875. The highest BCUT2D eigenvalue weighted by molar-refractivity contribution is 6.33. The molecule has 6 nitrogen and oxygen atoms in total. The van der Waals surface area contributed by atoms with Gasteiger partial charge in [-0.15, -0.1) is 0 Å². The number of amides is 1. The molecule has 0 aliphatic heterocycles. The molecule has 0 aliphatic carbocycles. The molecule has 1 amide bonds. The highest BCUT2D eigenvalue weighted by Gasteiger charge is 2.02. The summed E-state index contributed by atoms with van der Waals surface area (Å²) in [5, 5.41) is 16.2. The number of nitrogens with two attached hydrogens (primary N) is 1. The van der Waals surface area contributed by atoms with Crippen LogP contribution >= 0.6 is 11.6 Å². The maximum Gasteiger partial charge on any atom is 0.303 e. The molecule has 0 saturated carbocycles. The molecule has 4 N–H and O–H groups in total. The van der Waals surface area contributed by atoms with Crippen LogP contribution in [0.5, 0.6) is 0 Å². The lowest BCUT2D eigenvalue weighted by Gasteiger charge is -1.95. The van der Waals surface area contributed by atoms with E-state index in [1.807, 2.05) is 0 Å². The van der Waals surface area contributed by atoms with Gasteiger partial charge in [0.1, 0.15) is 0 Å². The van der Waals surface area contributed by atoms with Crippen LogP contribution < -0.4 is 5.73 Å². The molecular weight excluding hydrogens is 262 g/mol. The summed E-state index contributed by atoms with van der Waals surface area (Å²) in [6.45, 7) is 0. The molecule has 98 valence electrons. The first-order valence-electron chi connectivity index (χ1n) is 4.82. The molecule has 0 heterocycles. The predicted octanol–water partition coefficient (Wildman–Crippen LogP) is 1.37. The normalized spacial score (nSPS) is 8.94. The highest BCUT2D eigenvalue weighted by atomic mass is 35.5. The molecule has 0 saturated heterocycles. The fourth-order valence-corrected chi connectivity index (χ4v) is 1.10. The maximum absolute atomic E-state index is 10.6.